The molecule has 0 N–H and O–H groups in total. The van der Waals surface area contributed by atoms with Gasteiger partial charge in [-0.2, -0.15) is 0 Å². The number of nitrogens with zero attached hydrogens (tertiary/aromatic N) is 1. The molecule has 1 amide bonds. The van der Waals surface area contributed by atoms with Crippen LogP contribution < -0.4 is 0 Å². The quantitative estimate of drug-likeness (QED) is 0.788. The van der Waals surface area contributed by atoms with Gasteiger partial charge in [0.2, 0.25) is 0 Å². The molecule has 0 aliphatic heterocycles. The van der Waals surface area contributed by atoms with E-state index in [0.717, 1.165) is 12.0 Å². The lowest BCUT2D eigenvalue weighted by Crippen LogP contribution is -2.42. The molecule has 0 radical (unpaired) electrons. The van der Waals surface area contributed by atoms with Crippen molar-refractivity contribution in [3.8, 4) is 0 Å². The molecule has 1 aromatic rings. The van der Waals surface area contributed by atoms with E-state index in [4.69, 9.17) is 4.42 Å². The second kappa shape index (κ2) is 4.94. The first-order valence-electron chi connectivity index (χ1n) is 6.42. The number of aryl methyl sites for hydroxylation is 1. The molecule has 1 fully saturated rings. The molecule has 3 nitrogen and oxygen atoms in total. The maximum Gasteiger partial charge on any atom is 0.289 e. The Morgan fingerprint density at radius 3 is 2.71 bits per heavy atom. The van der Waals surface area contributed by atoms with Gasteiger partial charge < -0.3 is 9.32 Å². The fraction of sp³-hybridized carbons (Fsp3) is 0.643. The Morgan fingerprint density at radius 2 is 2.12 bits per heavy atom. The Balaban J connectivity index is 2.11. The van der Waals surface area contributed by atoms with Crippen LogP contribution in [0.3, 0.4) is 0 Å². The predicted molar refractivity (Wildman–Crippen MR) is 67.0 cm³/mol. The molecule has 1 aromatic heterocycles. The van der Waals surface area contributed by atoms with Crippen molar-refractivity contribution in [3.63, 3.8) is 0 Å². The van der Waals surface area contributed by atoms with Gasteiger partial charge in [0.25, 0.3) is 5.91 Å². The van der Waals surface area contributed by atoms with Crippen molar-refractivity contribution in [3.05, 3.63) is 23.7 Å². The van der Waals surface area contributed by atoms with Crippen molar-refractivity contribution in [2.45, 2.75) is 45.6 Å². The molecule has 2 atom stereocenters. The lowest BCUT2D eigenvalue weighted by molar-refractivity contribution is 0.0596. The molecule has 0 aromatic carbocycles. The summed E-state index contributed by atoms with van der Waals surface area (Å²) < 4.78 is 5.28. The molecule has 0 bridgehead atoms. The minimum absolute atomic E-state index is 0.0197. The Bertz CT molecular complexity index is 397. The van der Waals surface area contributed by atoms with Crippen molar-refractivity contribution in [2.24, 2.45) is 5.92 Å². The summed E-state index contributed by atoms with van der Waals surface area (Å²) in [4.78, 5) is 14.2. The normalized spacial score (nSPS) is 24.6. The lowest BCUT2D eigenvalue weighted by Gasteiger charge is -2.35. The maximum absolute atomic E-state index is 12.3. The largest absolute Gasteiger partial charge is 0.459 e. The van der Waals surface area contributed by atoms with Crippen molar-refractivity contribution in [1.29, 1.82) is 0 Å². The zero-order valence-electron chi connectivity index (χ0n) is 10.9. The average Bonchev–Trinajstić information content (AvgIpc) is 2.74. The summed E-state index contributed by atoms with van der Waals surface area (Å²) in [5.41, 5.74) is 0.922. The molecule has 0 spiro atoms. The van der Waals surface area contributed by atoms with E-state index in [1.54, 1.807) is 6.26 Å². The minimum Gasteiger partial charge on any atom is -0.459 e. The fourth-order valence-electron chi connectivity index (χ4n) is 2.77. The SMILES string of the molecule is Cc1ccoc1C(=O)N(C)[C@@H]1CCCC[C@@H]1C. The van der Waals surface area contributed by atoms with Crippen LogP contribution >= 0.6 is 0 Å². The molecule has 1 saturated carbocycles. The number of rotatable bonds is 2. The molecule has 2 rings (SSSR count). The minimum atomic E-state index is 0.0197. The summed E-state index contributed by atoms with van der Waals surface area (Å²) in [6.45, 7) is 4.15. The number of hydrogen-bond acceptors (Lipinski definition) is 2. The summed E-state index contributed by atoms with van der Waals surface area (Å²) >= 11 is 0. The molecule has 94 valence electrons. The molecule has 1 aliphatic carbocycles. The van der Waals surface area contributed by atoms with Crippen LogP contribution in [0, 0.1) is 12.8 Å². The van der Waals surface area contributed by atoms with Crippen LogP contribution in [0.1, 0.15) is 48.7 Å². The van der Waals surface area contributed by atoms with E-state index in [9.17, 15) is 4.79 Å². The van der Waals surface area contributed by atoms with E-state index in [1.807, 2.05) is 24.9 Å². The molecule has 1 aliphatic rings. The highest BCUT2D eigenvalue weighted by molar-refractivity contribution is 5.92. The second-order valence-corrected chi connectivity index (χ2v) is 5.18. The number of amides is 1. The van der Waals surface area contributed by atoms with E-state index in [-0.39, 0.29) is 5.91 Å². The van der Waals surface area contributed by atoms with Crippen LogP contribution in [-0.4, -0.2) is 23.9 Å². The smallest absolute Gasteiger partial charge is 0.289 e. The first kappa shape index (κ1) is 12.2. The van der Waals surface area contributed by atoms with Gasteiger partial charge in [-0.25, -0.2) is 0 Å². The molecular formula is C14H21NO2. The van der Waals surface area contributed by atoms with Crippen LogP contribution in [0.25, 0.3) is 0 Å². The molecule has 3 heteroatoms. The summed E-state index contributed by atoms with van der Waals surface area (Å²) in [6, 6.07) is 2.20. The molecule has 1 heterocycles. The van der Waals surface area contributed by atoms with Gasteiger partial charge in [-0.1, -0.05) is 19.8 Å². The zero-order chi connectivity index (χ0) is 12.4. The van der Waals surface area contributed by atoms with Gasteiger partial charge in [0.15, 0.2) is 5.76 Å². The van der Waals surface area contributed by atoms with Crippen molar-refractivity contribution in [2.75, 3.05) is 7.05 Å². The van der Waals surface area contributed by atoms with Crippen molar-refractivity contribution in [1.82, 2.24) is 4.90 Å². The highest BCUT2D eigenvalue weighted by Gasteiger charge is 2.29. The van der Waals surface area contributed by atoms with Gasteiger partial charge in [-0.15, -0.1) is 0 Å². The van der Waals surface area contributed by atoms with E-state index in [2.05, 4.69) is 6.92 Å². The van der Waals surface area contributed by atoms with E-state index < -0.39 is 0 Å². The maximum atomic E-state index is 12.3. The van der Waals surface area contributed by atoms with Crippen LogP contribution in [0.15, 0.2) is 16.7 Å². The third-order valence-corrected chi connectivity index (χ3v) is 3.94. The second-order valence-electron chi connectivity index (χ2n) is 5.18. The van der Waals surface area contributed by atoms with Gasteiger partial charge in [0.05, 0.1) is 6.26 Å². The summed E-state index contributed by atoms with van der Waals surface area (Å²) in [7, 11) is 1.90. The fourth-order valence-corrected chi connectivity index (χ4v) is 2.77. The Labute approximate surface area is 103 Å². The molecule has 0 unspecified atom stereocenters. The Kier molecular flexibility index (Phi) is 3.55. The first-order chi connectivity index (χ1) is 8.11. The number of hydrogen-bond donors (Lipinski definition) is 0. The van der Waals surface area contributed by atoms with Gasteiger partial charge in [-0.05, 0) is 31.7 Å². The lowest BCUT2D eigenvalue weighted by atomic mass is 9.85. The van der Waals surface area contributed by atoms with Gasteiger partial charge in [0.1, 0.15) is 0 Å². The molecule has 17 heavy (non-hydrogen) atoms. The van der Waals surface area contributed by atoms with E-state index in [1.165, 1.54) is 19.3 Å². The number of carbonyl (C=O) groups is 1. The van der Waals surface area contributed by atoms with E-state index in [0.29, 0.717) is 17.7 Å². The summed E-state index contributed by atoms with van der Waals surface area (Å²) in [5, 5.41) is 0. The summed E-state index contributed by atoms with van der Waals surface area (Å²) in [5.74, 6) is 1.10. The van der Waals surface area contributed by atoms with Crippen molar-refractivity contribution >= 4 is 5.91 Å². The predicted octanol–water partition coefficient (Wildman–Crippen LogP) is 3.24. The number of furan rings is 1. The average molecular weight is 235 g/mol. The van der Waals surface area contributed by atoms with Gasteiger partial charge in [-0.3, -0.25) is 4.79 Å². The van der Waals surface area contributed by atoms with Gasteiger partial charge >= 0.3 is 0 Å². The highest BCUT2D eigenvalue weighted by Crippen LogP contribution is 2.28. The summed E-state index contributed by atoms with van der Waals surface area (Å²) in [6.07, 6.45) is 6.44. The standard InChI is InChI=1S/C14H21NO2/c1-10-6-4-5-7-12(10)15(3)14(16)13-11(2)8-9-17-13/h8-10,12H,4-7H2,1-3H3/t10-,12+/m0/s1. The monoisotopic (exact) mass is 235 g/mol. The van der Waals surface area contributed by atoms with Crippen molar-refractivity contribution < 1.29 is 9.21 Å². The zero-order valence-corrected chi connectivity index (χ0v) is 10.9. The first-order valence-corrected chi connectivity index (χ1v) is 6.42. The highest BCUT2D eigenvalue weighted by atomic mass is 16.3. The van der Waals surface area contributed by atoms with Crippen LogP contribution in [0.2, 0.25) is 0 Å². The topological polar surface area (TPSA) is 33.5 Å². The third-order valence-electron chi connectivity index (χ3n) is 3.94. The van der Waals surface area contributed by atoms with Crippen LogP contribution in [0.5, 0.6) is 0 Å². The number of carbonyl (C=O) groups excluding carboxylic acids is 1. The van der Waals surface area contributed by atoms with Gasteiger partial charge in [0, 0.05) is 18.7 Å². The Morgan fingerprint density at radius 1 is 1.41 bits per heavy atom. The third kappa shape index (κ3) is 2.38. The molecule has 0 saturated heterocycles. The van der Waals surface area contributed by atoms with Crippen LogP contribution in [-0.2, 0) is 0 Å². The van der Waals surface area contributed by atoms with Crippen LogP contribution in [0.4, 0.5) is 0 Å². The van der Waals surface area contributed by atoms with E-state index >= 15 is 0 Å². The molecular weight excluding hydrogens is 214 g/mol. The Hall–Kier alpha value is -1.25.